The number of hydrogen-bond donors (Lipinski definition) is 1. The molecule has 20 heavy (non-hydrogen) atoms. The lowest BCUT2D eigenvalue weighted by Gasteiger charge is -2.01. The summed E-state index contributed by atoms with van der Waals surface area (Å²) in [4.78, 5) is 1.08. The van der Waals surface area contributed by atoms with Gasteiger partial charge in [-0.1, -0.05) is 42.1 Å². The topological polar surface area (TPSA) is 60.2 Å². The van der Waals surface area contributed by atoms with Crippen LogP contribution in [0.1, 0.15) is 0 Å². The standard InChI is InChI=1S/C14H11NO2S3/c15-20(16,17)14-8-7-13(19-14)18-12-6-5-10-3-1-2-4-11(10)9-12/h1-9H,(H2,15,16,17). The Hall–Kier alpha value is -1.34. The first-order valence-corrected chi connectivity index (χ1v) is 9.00. The van der Waals surface area contributed by atoms with Gasteiger partial charge in [-0.15, -0.1) is 11.3 Å². The van der Waals surface area contributed by atoms with Crippen molar-refractivity contribution in [2.75, 3.05) is 0 Å². The first-order valence-electron chi connectivity index (χ1n) is 5.82. The number of rotatable bonds is 3. The zero-order valence-corrected chi connectivity index (χ0v) is 12.8. The lowest BCUT2D eigenvalue weighted by Crippen LogP contribution is -2.09. The molecule has 0 saturated carbocycles. The van der Waals surface area contributed by atoms with E-state index >= 15 is 0 Å². The smallest absolute Gasteiger partial charge is 0.224 e. The summed E-state index contributed by atoms with van der Waals surface area (Å²) in [5, 5.41) is 7.47. The number of benzene rings is 2. The van der Waals surface area contributed by atoms with Crippen LogP contribution >= 0.6 is 23.1 Å². The Morgan fingerprint density at radius 1 is 0.950 bits per heavy atom. The third-order valence-electron chi connectivity index (χ3n) is 2.78. The Labute approximate surface area is 125 Å². The molecule has 102 valence electrons. The minimum Gasteiger partial charge on any atom is -0.224 e. The van der Waals surface area contributed by atoms with Crippen molar-refractivity contribution >= 4 is 43.9 Å². The fourth-order valence-corrected chi connectivity index (χ4v) is 4.89. The van der Waals surface area contributed by atoms with Crippen LogP contribution in [0.4, 0.5) is 0 Å². The van der Waals surface area contributed by atoms with E-state index in [-0.39, 0.29) is 4.21 Å². The van der Waals surface area contributed by atoms with Crippen LogP contribution in [0, 0.1) is 0 Å². The lowest BCUT2D eigenvalue weighted by molar-refractivity contribution is 0.600. The molecule has 3 aromatic rings. The Bertz CT molecular complexity index is 869. The third-order valence-corrected chi connectivity index (χ3v) is 6.42. The van der Waals surface area contributed by atoms with Gasteiger partial charge in [0.2, 0.25) is 10.0 Å². The van der Waals surface area contributed by atoms with E-state index in [9.17, 15) is 8.42 Å². The average molecular weight is 321 g/mol. The first kappa shape index (κ1) is 13.6. The Balaban J connectivity index is 1.91. The van der Waals surface area contributed by atoms with Crippen LogP contribution in [0.15, 0.2) is 67.9 Å². The van der Waals surface area contributed by atoms with Crippen molar-refractivity contribution in [3.05, 3.63) is 54.6 Å². The second-order valence-electron chi connectivity index (χ2n) is 4.23. The zero-order chi connectivity index (χ0) is 14.2. The van der Waals surface area contributed by atoms with E-state index in [1.54, 1.807) is 12.1 Å². The van der Waals surface area contributed by atoms with Crippen molar-refractivity contribution in [2.24, 2.45) is 5.14 Å². The first-order chi connectivity index (χ1) is 9.52. The molecule has 0 amide bonds. The molecule has 3 nitrogen and oxygen atoms in total. The van der Waals surface area contributed by atoms with Crippen molar-refractivity contribution in [1.29, 1.82) is 0 Å². The molecule has 0 fully saturated rings. The van der Waals surface area contributed by atoms with Gasteiger partial charge in [0.05, 0.1) is 4.21 Å². The SMILES string of the molecule is NS(=O)(=O)c1ccc(Sc2ccc3ccccc3c2)s1. The zero-order valence-electron chi connectivity index (χ0n) is 10.3. The molecule has 2 N–H and O–H groups in total. The quantitative estimate of drug-likeness (QED) is 0.800. The molecule has 2 aromatic carbocycles. The molecule has 0 aliphatic heterocycles. The Morgan fingerprint density at radius 3 is 2.40 bits per heavy atom. The van der Waals surface area contributed by atoms with Crippen LogP contribution in [0.3, 0.4) is 0 Å². The maximum Gasteiger partial charge on any atom is 0.247 e. The van der Waals surface area contributed by atoms with Gasteiger partial charge >= 0.3 is 0 Å². The summed E-state index contributed by atoms with van der Waals surface area (Å²) in [5.74, 6) is 0. The maximum atomic E-state index is 11.3. The van der Waals surface area contributed by atoms with Gasteiger partial charge < -0.3 is 0 Å². The molecule has 0 saturated heterocycles. The number of sulfonamides is 1. The molecule has 0 unspecified atom stereocenters. The van der Waals surface area contributed by atoms with E-state index in [0.717, 1.165) is 9.10 Å². The number of thiophene rings is 1. The van der Waals surface area contributed by atoms with E-state index in [1.165, 1.54) is 33.9 Å². The minimum atomic E-state index is -3.60. The summed E-state index contributed by atoms with van der Waals surface area (Å²) in [6.07, 6.45) is 0. The van der Waals surface area contributed by atoms with Crippen LogP contribution in [0.5, 0.6) is 0 Å². The van der Waals surface area contributed by atoms with Gasteiger partial charge in [-0.3, -0.25) is 0 Å². The van der Waals surface area contributed by atoms with E-state index < -0.39 is 10.0 Å². The number of hydrogen-bond acceptors (Lipinski definition) is 4. The molecule has 0 radical (unpaired) electrons. The lowest BCUT2D eigenvalue weighted by atomic mass is 10.1. The molecule has 0 aliphatic carbocycles. The van der Waals surface area contributed by atoms with E-state index in [2.05, 4.69) is 24.3 Å². The molecular formula is C14H11NO2S3. The van der Waals surface area contributed by atoms with Crippen molar-refractivity contribution in [3.8, 4) is 0 Å². The van der Waals surface area contributed by atoms with Crippen molar-refractivity contribution in [3.63, 3.8) is 0 Å². The second-order valence-corrected chi connectivity index (χ2v) is 8.48. The van der Waals surface area contributed by atoms with Crippen LogP contribution in [-0.2, 0) is 10.0 Å². The number of primary sulfonamides is 1. The average Bonchev–Trinajstić information content (AvgIpc) is 2.87. The van der Waals surface area contributed by atoms with Crippen LogP contribution in [-0.4, -0.2) is 8.42 Å². The predicted octanol–water partition coefficient (Wildman–Crippen LogP) is 3.70. The highest BCUT2D eigenvalue weighted by Crippen LogP contribution is 2.35. The molecule has 0 aliphatic rings. The number of fused-ring (bicyclic) bond motifs is 1. The highest BCUT2D eigenvalue weighted by molar-refractivity contribution is 8.01. The molecule has 1 aromatic heterocycles. The third kappa shape index (κ3) is 2.88. The van der Waals surface area contributed by atoms with Gasteiger partial charge in [-0.25, -0.2) is 13.6 Å². The maximum absolute atomic E-state index is 11.3. The molecule has 0 bridgehead atoms. The Morgan fingerprint density at radius 2 is 1.70 bits per heavy atom. The molecule has 0 atom stereocenters. The highest BCUT2D eigenvalue weighted by atomic mass is 32.3. The monoisotopic (exact) mass is 321 g/mol. The summed E-state index contributed by atoms with van der Waals surface area (Å²) in [6.45, 7) is 0. The van der Waals surface area contributed by atoms with Crippen LogP contribution in [0.25, 0.3) is 10.8 Å². The van der Waals surface area contributed by atoms with Crippen molar-refractivity contribution in [2.45, 2.75) is 13.3 Å². The Kier molecular flexibility index (Phi) is 3.55. The summed E-state index contributed by atoms with van der Waals surface area (Å²) in [5.41, 5.74) is 0. The summed E-state index contributed by atoms with van der Waals surface area (Å²) >= 11 is 2.73. The summed E-state index contributed by atoms with van der Waals surface area (Å²) < 4.78 is 23.6. The molecule has 0 spiro atoms. The fraction of sp³-hybridized carbons (Fsp3) is 0. The fourth-order valence-electron chi connectivity index (χ4n) is 1.86. The number of nitrogens with two attached hydrogens (primary N) is 1. The van der Waals surface area contributed by atoms with Crippen LogP contribution in [0.2, 0.25) is 0 Å². The minimum absolute atomic E-state index is 0.195. The van der Waals surface area contributed by atoms with E-state index in [4.69, 9.17) is 5.14 Å². The largest absolute Gasteiger partial charge is 0.247 e. The molecular weight excluding hydrogens is 310 g/mol. The van der Waals surface area contributed by atoms with Gasteiger partial charge in [-0.05, 0) is 35.0 Å². The van der Waals surface area contributed by atoms with E-state index in [1.807, 2.05) is 18.2 Å². The summed E-state index contributed by atoms with van der Waals surface area (Å²) in [7, 11) is -3.60. The van der Waals surface area contributed by atoms with Gasteiger partial charge in [0.1, 0.15) is 4.21 Å². The predicted molar refractivity (Wildman–Crippen MR) is 83.8 cm³/mol. The van der Waals surface area contributed by atoms with Gasteiger partial charge in [0, 0.05) is 4.90 Å². The highest BCUT2D eigenvalue weighted by Gasteiger charge is 2.11. The summed E-state index contributed by atoms with van der Waals surface area (Å²) in [6, 6.07) is 17.6. The van der Waals surface area contributed by atoms with E-state index in [0.29, 0.717) is 0 Å². The van der Waals surface area contributed by atoms with Crippen LogP contribution < -0.4 is 5.14 Å². The normalized spacial score (nSPS) is 11.8. The van der Waals surface area contributed by atoms with Gasteiger partial charge in [0.15, 0.2) is 0 Å². The van der Waals surface area contributed by atoms with Crippen molar-refractivity contribution < 1.29 is 8.42 Å². The second kappa shape index (κ2) is 5.21. The van der Waals surface area contributed by atoms with Crippen molar-refractivity contribution in [1.82, 2.24) is 0 Å². The molecule has 6 heteroatoms. The van der Waals surface area contributed by atoms with Gasteiger partial charge in [-0.2, -0.15) is 0 Å². The molecule has 1 heterocycles. The molecule has 3 rings (SSSR count). The van der Waals surface area contributed by atoms with Gasteiger partial charge in [0.25, 0.3) is 0 Å².